The molecule has 1 aromatic carbocycles. The molecule has 0 aliphatic carbocycles. The van der Waals surface area contributed by atoms with E-state index in [2.05, 4.69) is 15.2 Å². The summed E-state index contributed by atoms with van der Waals surface area (Å²) in [5.41, 5.74) is 1.62. The van der Waals surface area contributed by atoms with Gasteiger partial charge in [0.2, 0.25) is 0 Å². The van der Waals surface area contributed by atoms with Crippen molar-refractivity contribution in [2.45, 2.75) is 12.1 Å². The van der Waals surface area contributed by atoms with Crippen LogP contribution in [0.1, 0.15) is 10.4 Å². The van der Waals surface area contributed by atoms with Gasteiger partial charge in [0.25, 0.3) is 12.4 Å². The Bertz CT molecular complexity index is 672. The number of rotatable bonds is 4. The van der Waals surface area contributed by atoms with Crippen molar-refractivity contribution in [1.29, 1.82) is 0 Å². The van der Waals surface area contributed by atoms with E-state index in [1.165, 1.54) is 0 Å². The molecule has 8 nitrogen and oxygen atoms in total. The second-order valence-corrected chi connectivity index (χ2v) is 5.70. The summed E-state index contributed by atoms with van der Waals surface area (Å²) >= 11 is 0. The standard InChI is InChI=1S/C16H20N4O2.CH2O2/c1-19-9-14(15(10-19)22-2)18-16(21)12-3-5-13(6-4-12)20-8-7-17-11-20;2-1-3/h3-8,11,14-15H,9-10H2,1-2H3,(H,18,21);1H,(H,2,3)/t14-,15-;/m0./s1. The lowest BCUT2D eigenvalue weighted by Gasteiger charge is -2.18. The van der Waals surface area contributed by atoms with E-state index in [9.17, 15) is 4.79 Å². The molecular weight excluding hydrogens is 324 g/mol. The van der Waals surface area contributed by atoms with E-state index in [1.807, 2.05) is 42.1 Å². The number of benzene rings is 1. The molecule has 1 amide bonds. The fourth-order valence-corrected chi connectivity index (χ4v) is 2.79. The Morgan fingerprint density at radius 2 is 2.04 bits per heavy atom. The van der Waals surface area contributed by atoms with E-state index in [1.54, 1.807) is 19.6 Å². The molecule has 0 bridgehead atoms. The number of aromatic nitrogens is 2. The largest absolute Gasteiger partial charge is 0.483 e. The molecule has 2 N–H and O–H groups in total. The molecule has 1 saturated heterocycles. The smallest absolute Gasteiger partial charge is 0.290 e. The first-order valence-electron chi connectivity index (χ1n) is 7.77. The van der Waals surface area contributed by atoms with Crippen LogP contribution in [0.3, 0.4) is 0 Å². The Labute approximate surface area is 146 Å². The van der Waals surface area contributed by atoms with Crippen molar-refractivity contribution in [3.05, 3.63) is 48.5 Å². The number of nitrogens with zero attached hydrogens (tertiary/aromatic N) is 3. The topological polar surface area (TPSA) is 96.7 Å². The van der Waals surface area contributed by atoms with Crippen LogP contribution in [-0.4, -0.2) is 71.3 Å². The molecule has 2 heterocycles. The minimum absolute atomic E-state index is 0.0239. The zero-order valence-corrected chi connectivity index (χ0v) is 14.2. The first-order valence-corrected chi connectivity index (χ1v) is 7.77. The first kappa shape index (κ1) is 18.6. The highest BCUT2D eigenvalue weighted by Crippen LogP contribution is 2.13. The number of ether oxygens (including phenoxy) is 1. The van der Waals surface area contributed by atoms with Crippen molar-refractivity contribution in [3.63, 3.8) is 0 Å². The minimum Gasteiger partial charge on any atom is -0.483 e. The number of carbonyl (C=O) groups is 2. The van der Waals surface area contributed by atoms with Gasteiger partial charge in [-0.15, -0.1) is 0 Å². The van der Waals surface area contributed by atoms with Crippen molar-refractivity contribution >= 4 is 12.4 Å². The SMILES string of the molecule is CO[C@H]1CN(C)C[C@@H]1NC(=O)c1ccc(-n2ccnc2)cc1.O=CO. The predicted octanol–water partition coefficient (Wildman–Crippen LogP) is 0.632. The number of imidazole rings is 1. The van der Waals surface area contributed by atoms with E-state index < -0.39 is 0 Å². The highest BCUT2D eigenvalue weighted by atomic mass is 16.5. The molecule has 2 atom stereocenters. The van der Waals surface area contributed by atoms with Crippen molar-refractivity contribution in [2.24, 2.45) is 0 Å². The van der Waals surface area contributed by atoms with Gasteiger partial charge in [0, 0.05) is 43.8 Å². The molecule has 0 saturated carbocycles. The van der Waals surface area contributed by atoms with Gasteiger partial charge in [-0.3, -0.25) is 9.59 Å². The molecule has 8 heteroatoms. The summed E-state index contributed by atoms with van der Waals surface area (Å²) < 4.78 is 7.33. The summed E-state index contributed by atoms with van der Waals surface area (Å²) in [5.74, 6) is -0.0699. The predicted molar refractivity (Wildman–Crippen MR) is 91.8 cm³/mol. The number of hydrogen-bond acceptors (Lipinski definition) is 5. The van der Waals surface area contributed by atoms with Crippen molar-refractivity contribution in [3.8, 4) is 5.69 Å². The molecule has 0 unspecified atom stereocenters. The van der Waals surface area contributed by atoms with Crippen molar-refractivity contribution in [1.82, 2.24) is 19.8 Å². The second kappa shape index (κ2) is 8.95. The van der Waals surface area contributed by atoms with E-state index in [4.69, 9.17) is 14.6 Å². The molecule has 2 aromatic rings. The number of amides is 1. The Morgan fingerprint density at radius 3 is 2.60 bits per heavy atom. The van der Waals surface area contributed by atoms with Crippen LogP contribution >= 0.6 is 0 Å². The lowest BCUT2D eigenvalue weighted by atomic mass is 10.1. The van der Waals surface area contributed by atoms with Crippen LogP contribution in [0.15, 0.2) is 43.0 Å². The van der Waals surface area contributed by atoms with Crippen LogP contribution in [0, 0.1) is 0 Å². The second-order valence-electron chi connectivity index (χ2n) is 5.70. The molecule has 1 aliphatic heterocycles. The third kappa shape index (κ3) is 4.88. The normalized spacial score (nSPS) is 19.8. The first-order chi connectivity index (χ1) is 12.1. The summed E-state index contributed by atoms with van der Waals surface area (Å²) in [7, 11) is 3.71. The summed E-state index contributed by atoms with van der Waals surface area (Å²) in [6.07, 6.45) is 5.36. The molecule has 1 fully saturated rings. The van der Waals surface area contributed by atoms with E-state index in [-0.39, 0.29) is 24.5 Å². The van der Waals surface area contributed by atoms with Gasteiger partial charge in [-0.05, 0) is 31.3 Å². The van der Waals surface area contributed by atoms with Crippen LogP contribution in [-0.2, 0) is 9.53 Å². The van der Waals surface area contributed by atoms with Crippen LogP contribution in [0.2, 0.25) is 0 Å². The summed E-state index contributed by atoms with van der Waals surface area (Å²) in [4.78, 5) is 26.9. The van der Waals surface area contributed by atoms with Crippen molar-refractivity contribution < 1.29 is 19.4 Å². The third-order valence-electron chi connectivity index (χ3n) is 4.00. The van der Waals surface area contributed by atoms with E-state index in [0.717, 1.165) is 18.8 Å². The van der Waals surface area contributed by atoms with E-state index in [0.29, 0.717) is 5.56 Å². The zero-order valence-electron chi connectivity index (χ0n) is 14.2. The fourth-order valence-electron chi connectivity index (χ4n) is 2.79. The zero-order chi connectivity index (χ0) is 18.2. The molecule has 3 rings (SSSR count). The minimum atomic E-state index is -0.250. The number of carbonyl (C=O) groups excluding carboxylic acids is 1. The monoisotopic (exact) mass is 346 g/mol. The van der Waals surface area contributed by atoms with Gasteiger partial charge >= 0.3 is 0 Å². The number of carboxylic acid groups (broad SMARTS) is 1. The summed E-state index contributed by atoms with van der Waals surface area (Å²) in [5, 5.41) is 9.94. The maximum Gasteiger partial charge on any atom is 0.290 e. The van der Waals surface area contributed by atoms with Crippen molar-refractivity contribution in [2.75, 3.05) is 27.2 Å². The summed E-state index contributed by atoms with van der Waals surface area (Å²) in [6.45, 7) is 1.39. The summed E-state index contributed by atoms with van der Waals surface area (Å²) in [6, 6.07) is 7.49. The molecule has 1 aliphatic rings. The van der Waals surface area contributed by atoms with Gasteiger partial charge in [0.05, 0.1) is 18.5 Å². The van der Waals surface area contributed by atoms with Crippen LogP contribution in [0.25, 0.3) is 5.69 Å². The van der Waals surface area contributed by atoms with Crippen LogP contribution < -0.4 is 5.32 Å². The Kier molecular flexibility index (Phi) is 6.67. The number of likely N-dealkylation sites (tertiary alicyclic amines) is 1. The lowest BCUT2D eigenvalue weighted by molar-refractivity contribution is -0.122. The maximum atomic E-state index is 12.4. The quantitative estimate of drug-likeness (QED) is 0.789. The maximum absolute atomic E-state index is 12.4. The molecule has 1 aromatic heterocycles. The highest BCUT2D eigenvalue weighted by Gasteiger charge is 2.32. The highest BCUT2D eigenvalue weighted by molar-refractivity contribution is 5.94. The number of methoxy groups -OCH3 is 1. The van der Waals surface area contributed by atoms with Gasteiger partial charge in [-0.2, -0.15) is 0 Å². The third-order valence-corrected chi connectivity index (χ3v) is 4.00. The van der Waals surface area contributed by atoms with Gasteiger partial charge in [-0.1, -0.05) is 0 Å². The molecule has 0 spiro atoms. The number of likely N-dealkylation sites (N-methyl/N-ethyl adjacent to an activating group) is 1. The van der Waals surface area contributed by atoms with E-state index >= 15 is 0 Å². The van der Waals surface area contributed by atoms with Gasteiger partial charge in [-0.25, -0.2) is 4.98 Å². The molecule has 0 radical (unpaired) electrons. The average Bonchev–Trinajstić information content (AvgIpc) is 3.25. The fraction of sp³-hybridized carbons (Fsp3) is 0.353. The molecular formula is C17H22N4O4. The van der Waals surface area contributed by atoms with Crippen LogP contribution in [0.5, 0.6) is 0 Å². The van der Waals surface area contributed by atoms with Crippen LogP contribution in [0.4, 0.5) is 0 Å². The van der Waals surface area contributed by atoms with Gasteiger partial charge in [0.1, 0.15) is 0 Å². The van der Waals surface area contributed by atoms with Gasteiger partial charge in [0.15, 0.2) is 0 Å². The molecule has 134 valence electrons. The number of hydrogen-bond donors (Lipinski definition) is 2. The molecule has 25 heavy (non-hydrogen) atoms. The number of nitrogens with one attached hydrogen (secondary N) is 1. The Hall–Kier alpha value is -2.71. The average molecular weight is 346 g/mol. The van der Waals surface area contributed by atoms with Gasteiger partial charge < -0.3 is 24.6 Å². The lowest BCUT2D eigenvalue weighted by Crippen LogP contribution is -2.43. The Balaban J connectivity index is 0.000000701. The Morgan fingerprint density at radius 1 is 1.36 bits per heavy atom.